The van der Waals surface area contributed by atoms with E-state index in [9.17, 15) is 13.2 Å². The minimum Gasteiger partial charge on any atom is -0.325 e. The van der Waals surface area contributed by atoms with Crippen molar-refractivity contribution in [1.82, 2.24) is 14.1 Å². The largest absolute Gasteiger partial charge is 0.325 e. The minimum absolute atomic E-state index is 0.129. The molecule has 2 fully saturated rings. The normalized spacial score (nSPS) is 18.1. The number of amides is 1. The number of anilines is 1. The summed E-state index contributed by atoms with van der Waals surface area (Å²) in [6, 6.07) is 28.0. The summed E-state index contributed by atoms with van der Waals surface area (Å²) in [5, 5.41) is 2.93. The van der Waals surface area contributed by atoms with Crippen LogP contribution < -0.4 is 5.32 Å². The fourth-order valence-electron chi connectivity index (χ4n) is 5.63. The van der Waals surface area contributed by atoms with Gasteiger partial charge in [-0.25, -0.2) is 8.42 Å². The van der Waals surface area contributed by atoms with Crippen LogP contribution in [-0.2, 0) is 14.8 Å². The molecule has 3 aromatic rings. The third kappa shape index (κ3) is 6.94. The van der Waals surface area contributed by atoms with Crippen LogP contribution in [0.1, 0.15) is 42.9 Å². The van der Waals surface area contributed by atoms with Gasteiger partial charge in [-0.05, 0) is 42.2 Å². The van der Waals surface area contributed by atoms with Gasteiger partial charge in [-0.15, -0.1) is 0 Å². The smallest absolute Gasteiger partial charge is 0.243 e. The van der Waals surface area contributed by atoms with E-state index in [2.05, 4.69) is 63.6 Å². The maximum atomic E-state index is 13.2. The van der Waals surface area contributed by atoms with E-state index in [1.54, 1.807) is 28.6 Å². The van der Waals surface area contributed by atoms with Gasteiger partial charge in [0.05, 0.1) is 17.5 Å². The monoisotopic (exact) mass is 546 g/mol. The summed E-state index contributed by atoms with van der Waals surface area (Å²) in [5.41, 5.74) is 3.05. The molecular formula is C31H38N4O3S. The first-order chi connectivity index (χ1) is 19.0. The van der Waals surface area contributed by atoms with E-state index in [1.807, 2.05) is 12.1 Å². The van der Waals surface area contributed by atoms with Crippen LogP contribution >= 0.6 is 0 Å². The standard InChI is InChI=1S/C31H38N4O3S/c36-30(32-28-16-11-17-29(24-28)39(37,38)35-18-9-1-2-10-19-35)25-33-20-22-34(23-21-33)31(26-12-5-3-6-13-26)27-14-7-4-8-15-27/h3-8,11-17,24,31H,1-2,9-10,18-23,25H2,(H,32,36). The lowest BCUT2D eigenvalue weighted by Gasteiger charge is -2.39. The van der Waals surface area contributed by atoms with E-state index in [1.165, 1.54) is 11.1 Å². The van der Waals surface area contributed by atoms with Gasteiger partial charge in [0.2, 0.25) is 15.9 Å². The highest BCUT2D eigenvalue weighted by Crippen LogP contribution is 2.29. The van der Waals surface area contributed by atoms with Crippen LogP contribution in [0, 0.1) is 0 Å². The Hall–Kier alpha value is -3.04. The summed E-state index contributed by atoms with van der Waals surface area (Å²) >= 11 is 0. The predicted octanol–water partition coefficient (Wildman–Crippen LogP) is 4.60. The molecule has 39 heavy (non-hydrogen) atoms. The van der Waals surface area contributed by atoms with Crippen LogP contribution in [0.4, 0.5) is 5.69 Å². The highest BCUT2D eigenvalue weighted by molar-refractivity contribution is 7.89. The average molecular weight is 547 g/mol. The SMILES string of the molecule is O=C(CN1CCN(C(c2ccccc2)c2ccccc2)CC1)Nc1cccc(S(=O)(=O)N2CCCCCC2)c1. The number of hydrogen-bond acceptors (Lipinski definition) is 5. The van der Waals surface area contributed by atoms with Gasteiger partial charge in [0, 0.05) is 45.0 Å². The van der Waals surface area contributed by atoms with Crippen molar-refractivity contribution < 1.29 is 13.2 Å². The second kappa shape index (κ2) is 12.9. The molecule has 2 aliphatic heterocycles. The van der Waals surface area contributed by atoms with Gasteiger partial charge in [-0.3, -0.25) is 14.6 Å². The molecule has 0 spiro atoms. The van der Waals surface area contributed by atoms with Gasteiger partial charge in [0.1, 0.15) is 0 Å². The molecule has 2 aliphatic rings. The molecule has 0 bridgehead atoms. The van der Waals surface area contributed by atoms with E-state index in [4.69, 9.17) is 0 Å². The van der Waals surface area contributed by atoms with Gasteiger partial charge in [0.25, 0.3) is 0 Å². The summed E-state index contributed by atoms with van der Waals surface area (Å²) in [6.45, 7) is 4.66. The third-order valence-corrected chi connectivity index (χ3v) is 9.59. The van der Waals surface area contributed by atoms with Crippen molar-refractivity contribution in [1.29, 1.82) is 0 Å². The van der Waals surface area contributed by atoms with Crippen LogP contribution in [-0.4, -0.2) is 74.2 Å². The maximum Gasteiger partial charge on any atom is 0.243 e. The van der Waals surface area contributed by atoms with Gasteiger partial charge in [-0.2, -0.15) is 4.31 Å². The second-order valence-corrected chi connectivity index (χ2v) is 12.4. The molecule has 2 saturated heterocycles. The Bertz CT molecular complexity index is 1280. The number of piperazine rings is 1. The molecule has 1 N–H and O–H groups in total. The molecule has 0 atom stereocenters. The van der Waals surface area contributed by atoms with E-state index in [0.717, 1.165) is 51.9 Å². The molecule has 0 aromatic heterocycles. The Morgan fingerprint density at radius 3 is 1.90 bits per heavy atom. The Balaban J connectivity index is 1.18. The molecule has 0 radical (unpaired) electrons. The molecule has 206 valence electrons. The average Bonchev–Trinajstić information content (AvgIpc) is 3.26. The van der Waals surface area contributed by atoms with Gasteiger partial charge >= 0.3 is 0 Å². The summed E-state index contributed by atoms with van der Waals surface area (Å²) in [7, 11) is -3.56. The Kier molecular flexibility index (Phi) is 9.09. The maximum absolute atomic E-state index is 13.2. The lowest BCUT2D eigenvalue weighted by atomic mass is 9.96. The number of hydrogen-bond donors (Lipinski definition) is 1. The molecule has 7 nitrogen and oxygen atoms in total. The minimum atomic E-state index is -3.56. The highest BCUT2D eigenvalue weighted by Gasteiger charge is 2.28. The quantitative estimate of drug-likeness (QED) is 0.447. The fourth-order valence-corrected chi connectivity index (χ4v) is 7.20. The molecule has 0 aliphatic carbocycles. The van der Waals surface area contributed by atoms with Crippen molar-refractivity contribution in [2.75, 3.05) is 51.1 Å². The summed E-state index contributed by atoms with van der Waals surface area (Å²) in [5.74, 6) is -0.129. The van der Waals surface area contributed by atoms with E-state index in [0.29, 0.717) is 18.8 Å². The number of nitrogens with zero attached hydrogens (tertiary/aromatic N) is 3. The second-order valence-electron chi connectivity index (χ2n) is 10.4. The summed E-state index contributed by atoms with van der Waals surface area (Å²) in [4.78, 5) is 17.8. The van der Waals surface area contributed by atoms with Crippen LogP contribution in [0.2, 0.25) is 0 Å². The number of benzene rings is 3. The van der Waals surface area contributed by atoms with Crippen molar-refractivity contribution in [2.24, 2.45) is 0 Å². The van der Waals surface area contributed by atoms with Crippen molar-refractivity contribution in [3.63, 3.8) is 0 Å². The first kappa shape index (κ1) is 27.5. The molecule has 2 heterocycles. The number of rotatable bonds is 8. The molecule has 8 heteroatoms. The first-order valence-electron chi connectivity index (χ1n) is 14.0. The zero-order chi connectivity index (χ0) is 27.1. The van der Waals surface area contributed by atoms with Crippen LogP contribution in [0.5, 0.6) is 0 Å². The first-order valence-corrected chi connectivity index (χ1v) is 15.4. The van der Waals surface area contributed by atoms with E-state index in [-0.39, 0.29) is 23.4 Å². The van der Waals surface area contributed by atoms with Crippen molar-refractivity contribution in [3.8, 4) is 0 Å². The Labute approximate surface area is 232 Å². The van der Waals surface area contributed by atoms with Crippen LogP contribution in [0.25, 0.3) is 0 Å². The number of carbonyl (C=O) groups excluding carboxylic acids is 1. The molecule has 0 saturated carbocycles. The lowest BCUT2D eigenvalue weighted by Crippen LogP contribution is -2.49. The van der Waals surface area contributed by atoms with Crippen molar-refractivity contribution in [3.05, 3.63) is 96.1 Å². The van der Waals surface area contributed by atoms with Crippen LogP contribution in [0.3, 0.4) is 0 Å². The fraction of sp³-hybridized carbons (Fsp3) is 0.387. The number of carbonyl (C=O) groups is 1. The zero-order valence-corrected chi connectivity index (χ0v) is 23.2. The van der Waals surface area contributed by atoms with Crippen LogP contribution in [0.15, 0.2) is 89.8 Å². The molecule has 1 amide bonds. The number of nitrogens with one attached hydrogen (secondary N) is 1. The zero-order valence-electron chi connectivity index (χ0n) is 22.4. The Morgan fingerprint density at radius 2 is 1.31 bits per heavy atom. The molecule has 0 unspecified atom stereocenters. The third-order valence-electron chi connectivity index (χ3n) is 7.69. The van der Waals surface area contributed by atoms with E-state index < -0.39 is 10.0 Å². The van der Waals surface area contributed by atoms with E-state index >= 15 is 0 Å². The van der Waals surface area contributed by atoms with Crippen molar-refractivity contribution >= 4 is 21.6 Å². The van der Waals surface area contributed by atoms with Crippen molar-refractivity contribution in [2.45, 2.75) is 36.6 Å². The summed E-state index contributed by atoms with van der Waals surface area (Å²) < 4.78 is 28.0. The van der Waals surface area contributed by atoms with Gasteiger partial charge < -0.3 is 5.32 Å². The molecular weight excluding hydrogens is 508 g/mol. The Morgan fingerprint density at radius 1 is 0.718 bits per heavy atom. The number of sulfonamides is 1. The molecule has 5 rings (SSSR count). The lowest BCUT2D eigenvalue weighted by molar-refractivity contribution is -0.117. The highest BCUT2D eigenvalue weighted by atomic mass is 32.2. The predicted molar refractivity (Wildman–Crippen MR) is 155 cm³/mol. The topological polar surface area (TPSA) is 73.0 Å². The summed E-state index contributed by atoms with van der Waals surface area (Å²) in [6.07, 6.45) is 3.91. The van der Waals surface area contributed by atoms with Gasteiger partial charge in [0.15, 0.2) is 0 Å². The van der Waals surface area contributed by atoms with Gasteiger partial charge in [-0.1, -0.05) is 79.6 Å². The molecule has 3 aromatic carbocycles.